The van der Waals surface area contributed by atoms with Gasteiger partial charge in [-0.3, -0.25) is 9.98 Å². The van der Waals surface area contributed by atoms with Gasteiger partial charge in [0.2, 0.25) is 0 Å². The number of hydrogen-bond donors (Lipinski definition) is 0. The molecule has 0 saturated heterocycles. The molecule has 0 unspecified atom stereocenters. The van der Waals surface area contributed by atoms with Crippen LogP contribution in [0.1, 0.15) is 58.6 Å². The van der Waals surface area contributed by atoms with E-state index in [0.717, 1.165) is 65.4 Å². The second kappa shape index (κ2) is 9.80. The van der Waals surface area contributed by atoms with Crippen LogP contribution in [0.2, 0.25) is 0 Å². The van der Waals surface area contributed by atoms with Crippen molar-refractivity contribution in [3.05, 3.63) is 84.0 Å². The molecule has 166 valence electrons. The Morgan fingerprint density at radius 1 is 0.656 bits per heavy atom. The number of aryl methyl sites for hydroxylation is 4. The van der Waals surface area contributed by atoms with Gasteiger partial charge in [0, 0.05) is 8.95 Å². The van der Waals surface area contributed by atoms with Crippen LogP contribution in [0.25, 0.3) is 0 Å². The maximum atomic E-state index is 4.94. The van der Waals surface area contributed by atoms with E-state index in [2.05, 4.69) is 85.5 Å². The molecule has 0 saturated carbocycles. The van der Waals surface area contributed by atoms with Crippen LogP contribution < -0.4 is 0 Å². The van der Waals surface area contributed by atoms with Gasteiger partial charge in [-0.1, -0.05) is 50.1 Å². The van der Waals surface area contributed by atoms with Gasteiger partial charge in [-0.25, -0.2) is 4.98 Å². The van der Waals surface area contributed by atoms with Gasteiger partial charge >= 0.3 is 0 Å². The summed E-state index contributed by atoms with van der Waals surface area (Å²) in [6.07, 6.45) is 0. The van der Waals surface area contributed by atoms with E-state index in [0.29, 0.717) is 0 Å². The molecule has 0 spiro atoms. The van der Waals surface area contributed by atoms with Gasteiger partial charge < -0.3 is 0 Å². The molecule has 0 radical (unpaired) electrons. The summed E-state index contributed by atoms with van der Waals surface area (Å²) in [5.74, 6) is 0. The van der Waals surface area contributed by atoms with E-state index < -0.39 is 0 Å². The molecule has 0 aliphatic heterocycles. The van der Waals surface area contributed by atoms with Gasteiger partial charge in [-0.2, -0.15) is 0 Å². The lowest BCUT2D eigenvalue weighted by molar-refractivity contribution is 1.21. The van der Waals surface area contributed by atoms with Gasteiger partial charge in [0.25, 0.3) is 0 Å². The maximum absolute atomic E-state index is 4.94. The summed E-state index contributed by atoms with van der Waals surface area (Å²) >= 11 is 7.38. The lowest BCUT2D eigenvalue weighted by atomic mass is 10.0. The van der Waals surface area contributed by atoms with Gasteiger partial charge in [0.15, 0.2) is 0 Å². The molecule has 0 amide bonds. The quantitative estimate of drug-likeness (QED) is 0.297. The lowest BCUT2D eigenvalue weighted by Crippen LogP contribution is -2.05. The van der Waals surface area contributed by atoms with E-state index in [1.54, 1.807) is 0 Å². The van der Waals surface area contributed by atoms with Crippen molar-refractivity contribution in [2.24, 2.45) is 9.98 Å². The van der Waals surface area contributed by atoms with E-state index in [1.807, 2.05) is 32.0 Å². The summed E-state index contributed by atoms with van der Waals surface area (Å²) < 4.78 is 2.21. The van der Waals surface area contributed by atoms with E-state index >= 15 is 0 Å². The van der Waals surface area contributed by atoms with Gasteiger partial charge in [-0.05, 0) is 101 Å². The van der Waals surface area contributed by atoms with Crippen LogP contribution in [0.5, 0.6) is 0 Å². The van der Waals surface area contributed by atoms with Crippen molar-refractivity contribution in [2.45, 2.75) is 55.4 Å². The molecular weight excluding hydrogens is 526 g/mol. The first-order valence-corrected chi connectivity index (χ1v) is 12.2. The van der Waals surface area contributed by atoms with Gasteiger partial charge in [-0.15, -0.1) is 0 Å². The zero-order chi connectivity index (χ0) is 23.7. The second-order valence-corrected chi connectivity index (χ2v) is 9.98. The van der Waals surface area contributed by atoms with Crippen LogP contribution in [0.3, 0.4) is 0 Å². The second-order valence-electron chi connectivity index (χ2n) is 8.40. The fourth-order valence-electron chi connectivity index (χ4n) is 3.94. The molecule has 0 aliphatic carbocycles. The highest BCUT2D eigenvalue weighted by Crippen LogP contribution is 2.34. The monoisotopic (exact) mass is 553 g/mol. The number of nitrogens with zero attached hydrogens (tertiary/aromatic N) is 3. The fourth-order valence-corrected chi connectivity index (χ4v) is 4.54. The van der Waals surface area contributed by atoms with Crippen molar-refractivity contribution in [3.8, 4) is 0 Å². The molecule has 0 N–H and O–H groups in total. The highest BCUT2D eigenvalue weighted by Gasteiger charge is 2.12. The van der Waals surface area contributed by atoms with Crippen LogP contribution in [-0.4, -0.2) is 16.4 Å². The van der Waals surface area contributed by atoms with Crippen molar-refractivity contribution in [1.29, 1.82) is 0 Å². The Bertz CT molecular complexity index is 1180. The lowest BCUT2D eigenvalue weighted by Gasteiger charge is -2.12. The molecular formula is C27H29Br2N3. The van der Waals surface area contributed by atoms with Crippen molar-refractivity contribution >= 4 is 54.7 Å². The van der Waals surface area contributed by atoms with E-state index in [-0.39, 0.29) is 0 Å². The third-order valence-electron chi connectivity index (χ3n) is 5.72. The standard InChI is InChI=1S/C27H29Br2N3/c1-14-12-16(3)26(18(5)24(14)28)30-20(7)22-10-9-11-23(32-22)21(8)31-27-17(4)13-15(2)25(29)19(27)6/h9-13H,1-8H3. The molecule has 1 aromatic heterocycles. The predicted octanol–water partition coefficient (Wildman–Crippen LogP) is 8.74. The van der Waals surface area contributed by atoms with E-state index in [1.165, 1.54) is 11.1 Å². The Kier molecular flexibility index (Phi) is 7.51. The average Bonchev–Trinajstić information content (AvgIpc) is 2.76. The van der Waals surface area contributed by atoms with E-state index in [9.17, 15) is 0 Å². The first kappa shape index (κ1) is 24.5. The number of pyridine rings is 1. The fraction of sp³-hybridized carbons (Fsp3) is 0.296. The third-order valence-corrected chi connectivity index (χ3v) is 8.16. The zero-order valence-electron chi connectivity index (χ0n) is 20.0. The molecule has 0 aliphatic rings. The molecule has 0 bridgehead atoms. The smallest absolute Gasteiger partial charge is 0.0849 e. The Labute approximate surface area is 208 Å². The number of halogens is 2. The number of rotatable bonds is 4. The maximum Gasteiger partial charge on any atom is 0.0849 e. The zero-order valence-corrected chi connectivity index (χ0v) is 23.2. The Balaban J connectivity index is 2.03. The Hall–Kier alpha value is -2.11. The highest BCUT2D eigenvalue weighted by atomic mass is 79.9. The summed E-state index contributed by atoms with van der Waals surface area (Å²) in [6.45, 7) is 16.6. The van der Waals surface area contributed by atoms with Crippen LogP contribution in [0.4, 0.5) is 11.4 Å². The number of benzene rings is 2. The minimum Gasteiger partial charge on any atom is -0.251 e. The highest BCUT2D eigenvalue weighted by molar-refractivity contribution is 9.10. The summed E-state index contributed by atoms with van der Waals surface area (Å²) in [5, 5.41) is 0. The molecule has 0 atom stereocenters. The van der Waals surface area contributed by atoms with Gasteiger partial charge in [0.05, 0.1) is 34.2 Å². The first-order chi connectivity index (χ1) is 15.0. The topological polar surface area (TPSA) is 37.6 Å². The molecule has 1 heterocycles. The minimum atomic E-state index is 0.853. The van der Waals surface area contributed by atoms with Gasteiger partial charge in [0.1, 0.15) is 0 Å². The first-order valence-electron chi connectivity index (χ1n) is 10.6. The number of hydrogen-bond acceptors (Lipinski definition) is 3. The predicted molar refractivity (Wildman–Crippen MR) is 145 cm³/mol. The Morgan fingerprint density at radius 3 is 1.41 bits per heavy atom. The number of aliphatic imine (C=N–C) groups is 2. The van der Waals surface area contributed by atoms with E-state index in [4.69, 9.17) is 15.0 Å². The third kappa shape index (κ3) is 4.94. The van der Waals surface area contributed by atoms with Crippen LogP contribution in [-0.2, 0) is 0 Å². The van der Waals surface area contributed by atoms with Crippen LogP contribution in [0, 0.1) is 41.5 Å². The molecule has 3 aromatic rings. The molecule has 0 fully saturated rings. The molecule has 2 aromatic carbocycles. The molecule has 3 rings (SSSR count). The SMILES string of the molecule is CC(=Nc1c(C)cc(C)c(Br)c1C)c1cccc(C(C)=Nc2c(C)cc(C)c(Br)c2C)n1. The minimum absolute atomic E-state index is 0.853. The van der Waals surface area contributed by atoms with Crippen molar-refractivity contribution < 1.29 is 0 Å². The van der Waals surface area contributed by atoms with Crippen LogP contribution in [0.15, 0.2) is 49.3 Å². The van der Waals surface area contributed by atoms with Crippen molar-refractivity contribution in [3.63, 3.8) is 0 Å². The summed E-state index contributed by atoms with van der Waals surface area (Å²) in [4.78, 5) is 14.8. The number of aromatic nitrogens is 1. The van der Waals surface area contributed by atoms with Crippen molar-refractivity contribution in [1.82, 2.24) is 4.98 Å². The largest absolute Gasteiger partial charge is 0.251 e. The Morgan fingerprint density at radius 2 is 1.03 bits per heavy atom. The normalized spacial score (nSPS) is 12.4. The molecule has 3 nitrogen and oxygen atoms in total. The summed E-state index contributed by atoms with van der Waals surface area (Å²) in [7, 11) is 0. The average molecular weight is 555 g/mol. The summed E-state index contributed by atoms with van der Waals surface area (Å²) in [6, 6.07) is 10.3. The molecule has 5 heteroatoms. The van der Waals surface area contributed by atoms with Crippen LogP contribution >= 0.6 is 31.9 Å². The van der Waals surface area contributed by atoms with Crippen molar-refractivity contribution in [2.75, 3.05) is 0 Å². The molecule has 32 heavy (non-hydrogen) atoms. The summed E-state index contributed by atoms with van der Waals surface area (Å²) in [5.41, 5.74) is 12.5.